The topological polar surface area (TPSA) is 88.4 Å². The Balaban J connectivity index is 1.52. The van der Waals surface area contributed by atoms with Crippen molar-refractivity contribution in [3.63, 3.8) is 0 Å². The summed E-state index contributed by atoms with van der Waals surface area (Å²) in [5.74, 6) is 0.231. The van der Waals surface area contributed by atoms with Crippen molar-refractivity contribution >= 4 is 27.5 Å². The summed E-state index contributed by atoms with van der Waals surface area (Å²) >= 11 is 1.56. The van der Waals surface area contributed by atoms with Crippen LogP contribution in [0.5, 0.6) is 11.5 Å². The van der Waals surface area contributed by atoms with Crippen LogP contribution >= 0.6 is 11.3 Å². The Kier molecular flexibility index (Phi) is 4.33. The van der Waals surface area contributed by atoms with E-state index in [2.05, 4.69) is 15.2 Å². The van der Waals surface area contributed by atoms with E-state index in [1.54, 1.807) is 34.4 Å². The summed E-state index contributed by atoms with van der Waals surface area (Å²) in [6.45, 7) is 0.976. The number of aromatic hydroxyl groups is 1. The number of benzene rings is 2. The monoisotopic (exact) mass is 404 g/mol. The fourth-order valence-corrected chi connectivity index (χ4v) is 4.32. The van der Waals surface area contributed by atoms with Crippen LogP contribution in [0, 0.1) is 0 Å². The molecule has 1 aliphatic heterocycles. The second-order valence-electron chi connectivity index (χ2n) is 6.65. The maximum atomic E-state index is 12.8. The number of para-hydroxylation sites is 1. The first-order valence-electron chi connectivity index (χ1n) is 9.10. The fraction of sp³-hybridized carbons (Fsp3) is 0.143. The molecule has 3 heterocycles. The number of phenolic OH excluding ortho intramolecular Hbond substituents is 1. The zero-order chi connectivity index (χ0) is 19.8. The summed E-state index contributed by atoms with van der Waals surface area (Å²) in [7, 11) is 0. The van der Waals surface area contributed by atoms with Crippen LogP contribution in [-0.4, -0.2) is 44.2 Å². The zero-order valence-corrected chi connectivity index (χ0v) is 16.1. The van der Waals surface area contributed by atoms with Crippen LogP contribution in [-0.2, 0) is 6.54 Å². The third kappa shape index (κ3) is 3.27. The summed E-state index contributed by atoms with van der Waals surface area (Å²) in [5, 5.41) is 19.1. The quantitative estimate of drug-likeness (QED) is 0.550. The molecule has 0 saturated heterocycles. The molecule has 8 heteroatoms. The molecule has 29 heavy (non-hydrogen) atoms. The van der Waals surface area contributed by atoms with E-state index in [1.807, 2.05) is 30.3 Å². The number of hydrogen-bond acceptors (Lipinski definition) is 7. The molecule has 0 atom stereocenters. The van der Waals surface area contributed by atoms with Gasteiger partial charge in [0, 0.05) is 23.9 Å². The lowest BCUT2D eigenvalue weighted by Gasteiger charge is -2.19. The van der Waals surface area contributed by atoms with Gasteiger partial charge in [-0.25, -0.2) is 4.98 Å². The van der Waals surface area contributed by atoms with Crippen molar-refractivity contribution in [2.75, 3.05) is 13.2 Å². The first kappa shape index (κ1) is 17.6. The number of ether oxygens (including phenoxy) is 1. The van der Waals surface area contributed by atoms with Gasteiger partial charge in [-0.1, -0.05) is 12.1 Å². The highest BCUT2D eigenvalue weighted by molar-refractivity contribution is 7.21. The van der Waals surface area contributed by atoms with Gasteiger partial charge in [0.2, 0.25) is 0 Å². The molecule has 1 amide bonds. The summed E-state index contributed by atoms with van der Waals surface area (Å²) in [4.78, 5) is 19.1. The normalized spacial score (nSPS) is 13.6. The first-order valence-corrected chi connectivity index (χ1v) is 9.92. The summed E-state index contributed by atoms with van der Waals surface area (Å²) in [6.07, 6.45) is 1.53. The summed E-state index contributed by atoms with van der Waals surface area (Å²) < 4.78 is 6.82. The number of carbonyl (C=O) groups is 1. The van der Waals surface area contributed by atoms with Crippen molar-refractivity contribution in [2.24, 2.45) is 0 Å². The fourth-order valence-electron chi connectivity index (χ4n) is 3.37. The van der Waals surface area contributed by atoms with E-state index in [4.69, 9.17) is 4.74 Å². The lowest BCUT2D eigenvalue weighted by atomic mass is 10.1. The highest BCUT2D eigenvalue weighted by Crippen LogP contribution is 2.39. The van der Waals surface area contributed by atoms with Gasteiger partial charge in [0.25, 0.3) is 5.91 Å². The number of phenols is 1. The van der Waals surface area contributed by atoms with E-state index < -0.39 is 0 Å². The van der Waals surface area contributed by atoms with E-state index in [1.165, 1.54) is 6.20 Å². The molecule has 0 fully saturated rings. The largest absolute Gasteiger partial charge is 0.504 e. The predicted octanol–water partition coefficient (Wildman–Crippen LogP) is 3.49. The average molecular weight is 404 g/mol. The van der Waals surface area contributed by atoms with Crippen molar-refractivity contribution in [2.45, 2.75) is 6.54 Å². The maximum Gasteiger partial charge on any atom is 0.274 e. The van der Waals surface area contributed by atoms with E-state index in [0.717, 1.165) is 26.4 Å². The van der Waals surface area contributed by atoms with Crippen molar-refractivity contribution in [3.8, 4) is 22.1 Å². The molecule has 1 N–H and O–H groups in total. The minimum atomic E-state index is -0.223. The van der Waals surface area contributed by atoms with Crippen LogP contribution in [0.1, 0.15) is 16.1 Å². The molecule has 0 spiro atoms. The molecule has 0 radical (unpaired) electrons. The molecule has 4 aromatic rings. The number of nitrogens with zero attached hydrogens (tertiary/aromatic N) is 4. The number of fused-ring (bicyclic) bond motifs is 2. The molecule has 0 saturated carbocycles. The Morgan fingerprint density at radius 2 is 2.07 bits per heavy atom. The van der Waals surface area contributed by atoms with Gasteiger partial charge in [0.05, 0.1) is 16.8 Å². The lowest BCUT2D eigenvalue weighted by Crippen LogP contribution is -2.33. The van der Waals surface area contributed by atoms with Gasteiger partial charge < -0.3 is 14.7 Å². The van der Waals surface area contributed by atoms with Crippen LogP contribution in [0.3, 0.4) is 0 Å². The minimum Gasteiger partial charge on any atom is -0.504 e. The Morgan fingerprint density at radius 3 is 2.90 bits per heavy atom. The van der Waals surface area contributed by atoms with Crippen LogP contribution in [0.25, 0.3) is 20.8 Å². The molecule has 1 aliphatic rings. The van der Waals surface area contributed by atoms with Crippen LogP contribution in [0.2, 0.25) is 0 Å². The van der Waals surface area contributed by atoms with Gasteiger partial charge in [-0.15, -0.1) is 16.4 Å². The summed E-state index contributed by atoms with van der Waals surface area (Å²) in [6, 6.07) is 14.8. The third-order valence-electron chi connectivity index (χ3n) is 4.73. The molecular formula is C21H16N4O3S. The van der Waals surface area contributed by atoms with Gasteiger partial charge in [-0.05, 0) is 36.4 Å². The van der Waals surface area contributed by atoms with Crippen LogP contribution in [0.15, 0.2) is 54.7 Å². The van der Waals surface area contributed by atoms with E-state index >= 15 is 0 Å². The molecule has 2 aromatic heterocycles. The van der Waals surface area contributed by atoms with Gasteiger partial charge in [0.15, 0.2) is 17.2 Å². The molecule has 5 rings (SSSR count). The number of thiazole rings is 1. The standard InChI is InChI=1S/C21H16N4O3S/c26-17-11-13(20-23-15-4-1-2-6-18(15)29-20)10-14-12-25(8-9-28-19(14)17)21(27)16-5-3-7-22-24-16/h1-7,10-11,26H,8-9,12H2. The SMILES string of the molecule is O=C(c1cccnn1)N1CCOc2c(O)cc(-c3nc4ccccc4s3)cc2C1. The van der Waals surface area contributed by atoms with Gasteiger partial charge >= 0.3 is 0 Å². The van der Waals surface area contributed by atoms with Gasteiger partial charge in [0.1, 0.15) is 11.6 Å². The van der Waals surface area contributed by atoms with Crippen molar-refractivity contribution in [1.82, 2.24) is 20.1 Å². The van der Waals surface area contributed by atoms with Gasteiger partial charge in [-0.3, -0.25) is 4.79 Å². The molecule has 0 aliphatic carbocycles. The Bertz CT molecular complexity index is 1180. The first-order chi connectivity index (χ1) is 14.2. The zero-order valence-electron chi connectivity index (χ0n) is 15.3. The number of amides is 1. The van der Waals surface area contributed by atoms with E-state index in [0.29, 0.717) is 18.8 Å². The van der Waals surface area contributed by atoms with Crippen molar-refractivity contribution in [3.05, 3.63) is 66.0 Å². The molecule has 7 nitrogen and oxygen atoms in total. The predicted molar refractivity (Wildman–Crippen MR) is 109 cm³/mol. The Hall–Kier alpha value is -3.52. The maximum absolute atomic E-state index is 12.8. The molecule has 0 unspecified atom stereocenters. The van der Waals surface area contributed by atoms with Crippen LogP contribution < -0.4 is 4.74 Å². The highest BCUT2D eigenvalue weighted by atomic mass is 32.1. The Labute approximate surface area is 170 Å². The van der Waals surface area contributed by atoms with Crippen molar-refractivity contribution < 1.29 is 14.6 Å². The number of carbonyl (C=O) groups excluding carboxylic acids is 1. The van der Waals surface area contributed by atoms with E-state index in [-0.39, 0.29) is 24.0 Å². The molecule has 0 bridgehead atoms. The molecule has 144 valence electrons. The third-order valence-corrected chi connectivity index (χ3v) is 5.82. The average Bonchev–Trinajstić information content (AvgIpc) is 3.07. The van der Waals surface area contributed by atoms with Gasteiger partial charge in [-0.2, -0.15) is 5.10 Å². The number of aromatic nitrogens is 3. The highest BCUT2D eigenvalue weighted by Gasteiger charge is 2.25. The van der Waals surface area contributed by atoms with Crippen LogP contribution in [0.4, 0.5) is 0 Å². The van der Waals surface area contributed by atoms with Crippen molar-refractivity contribution in [1.29, 1.82) is 0 Å². The number of hydrogen-bond donors (Lipinski definition) is 1. The second kappa shape index (κ2) is 7.14. The molecular weight excluding hydrogens is 388 g/mol. The second-order valence-corrected chi connectivity index (χ2v) is 7.69. The smallest absolute Gasteiger partial charge is 0.274 e. The lowest BCUT2D eigenvalue weighted by molar-refractivity contribution is 0.0726. The Morgan fingerprint density at radius 1 is 1.17 bits per heavy atom. The summed E-state index contributed by atoms with van der Waals surface area (Å²) in [5.41, 5.74) is 2.72. The number of rotatable bonds is 2. The molecule has 2 aromatic carbocycles. The van der Waals surface area contributed by atoms with E-state index in [9.17, 15) is 9.90 Å². The minimum absolute atomic E-state index is 0.0468.